The Labute approximate surface area is 89.1 Å². The van der Waals surface area contributed by atoms with Gasteiger partial charge in [-0.05, 0) is 46.6 Å². The molecule has 0 spiro atoms. The lowest BCUT2D eigenvalue weighted by Crippen LogP contribution is -2.41. The van der Waals surface area contributed by atoms with E-state index in [0.29, 0.717) is 0 Å². The Morgan fingerprint density at radius 1 is 1.29 bits per heavy atom. The first kappa shape index (κ1) is 12.0. The average Bonchev–Trinajstić information content (AvgIpc) is 1.94. The Bertz CT molecular complexity index is 156. The van der Waals surface area contributed by atoms with E-state index in [9.17, 15) is 0 Å². The van der Waals surface area contributed by atoms with E-state index in [0.717, 1.165) is 12.5 Å². The molecule has 84 valence electrons. The molecular weight excluding hydrogens is 172 g/mol. The quantitative estimate of drug-likeness (QED) is 0.728. The van der Waals surface area contributed by atoms with Gasteiger partial charge in [0.05, 0.1) is 0 Å². The minimum absolute atomic E-state index is 0.261. The lowest BCUT2D eigenvalue weighted by molar-refractivity contribution is 0.202. The molecule has 0 amide bonds. The highest BCUT2D eigenvalue weighted by Gasteiger charge is 2.18. The van der Waals surface area contributed by atoms with E-state index >= 15 is 0 Å². The van der Waals surface area contributed by atoms with Crippen molar-refractivity contribution in [2.24, 2.45) is 5.92 Å². The zero-order valence-corrected chi connectivity index (χ0v) is 10.3. The highest BCUT2D eigenvalue weighted by molar-refractivity contribution is 4.74. The molecule has 2 nitrogen and oxygen atoms in total. The lowest BCUT2D eigenvalue weighted by atomic mass is 9.85. The van der Waals surface area contributed by atoms with Gasteiger partial charge in [-0.1, -0.05) is 6.42 Å². The van der Waals surface area contributed by atoms with Crippen LogP contribution in [0.25, 0.3) is 0 Å². The molecule has 0 aromatic carbocycles. The smallest absolute Gasteiger partial charge is 0.0104 e. The van der Waals surface area contributed by atoms with E-state index in [4.69, 9.17) is 0 Å². The van der Waals surface area contributed by atoms with Crippen molar-refractivity contribution in [3.8, 4) is 0 Å². The minimum atomic E-state index is 0.261. The van der Waals surface area contributed by atoms with E-state index in [1.54, 1.807) is 0 Å². The summed E-state index contributed by atoms with van der Waals surface area (Å²) in [6.45, 7) is 10.2. The second kappa shape index (κ2) is 5.13. The number of nitrogens with zero attached hydrogens (tertiary/aromatic N) is 1. The van der Waals surface area contributed by atoms with Crippen LogP contribution in [0.3, 0.4) is 0 Å². The Hall–Kier alpha value is -0.0800. The van der Waals surface area contributed by atoms with Gasteiger partial charge in [-0.3, -0.25) is 0 Å². The molecule has 0 radical (unpaired) electrons. The van der Waals surface area contributed by atoms with Crippen LogP contribution >= 0.6 is 0 Å². The van der Waals surface area contributed by atoms with Gasteiger partial charge < -0.3 is 10.2 Å². The van der Waals surface area contributed by atoms with Crippen molar-refractivity contribution in [2.75, 3.05) is 26.7 Å². The summed E-state index contributed by atoms with van der Waals surface area (Å²) in [5.41, 5.74) is 0.261. The fourth-order valence-electron chi connectivity index (χ4n) is 1.83. The monoisotopic (exact) mass is 198 g/mol. The Morgan fingerprint density at radius 3 is 2.36 bits per heavy atom. The van der Waals surface area contributed by atoms with E-state index in [-0.39, 0.29) is 5.54 Å². The summed E-state index contributed by atoms with van der Waals surface area (Å²) in [4.78, 5) is 2.46. The van der Waals surface area contributed by atoms with Gasteiger partial charge in [0.25, 0.3) is 0 Å². The second-order valence-corrected chi connectivity index (χ2v) is 5.74. The van der Waals surface area contributed by atoms with Crippen LogP contribution in [0.4, 0.5) is 0 Å². The lowest BCUT2D eigenvalue weighted by Gasteiger charge is -2.31. The highest BCUT2D eigenvalue weighted by Crippen LogP contribution is 2.26. The molecule has 0 saturated heterocycles. The van der Waals surface area contributed by atoms with Crippen molar-refractivity contribution in [1.82, 2.24) is 10.2 Å². The van der Waals surface area contributed by atoms with Crippen LogP contribution in [0.2, 0.25) is 0 Å². The molecule has 2 heteroatoms. The SMILES string of the molecule is CN(CCNC(C)(C)C)CC1CCC1. The second-order valence-electron chi connectivity index (χ2n) is 5.74. The minimum Gasteiger partial charge on any atom is -0.311 e. The molecule has 1 fully saturated rings. The van der Waals surface area contributed by atoms with Gasteiger partial charge in [-0.15, -0.1) is 0 Å². The molecule has 0 heterocycles. The van der Waals surface area contributed by atoms with Gasteiger partial charge in [0.2, 0.25) is 0 Å². The largest absolute Gasteiger partial charge is 0.311 e. The summed E-state index contributed by atoms with van der Waals surface area (Å²) >= 11 is 0. The third-order valence-corrected chi connectivity index (χ3v) is 2.94. The molecule has 0 unspecified atom stereocenters. The predicted molar refractivity (Wildman–Crippen MR) is 62.6 cm³/mol. The number of rotatable bonds is 5. The van der Waals surface area contributed by atoms with Gasteiger partial charge in [-0.25, -0.2) is 0 Å². The number of likely N-dealkylation sites (N-methyl/N-ethyl adjacent to an activating group) is 1. The Kier molecular flexibility index (Phi) is 4.39. The van der Waals surface area contributed by atoms with Gasteiger partial charge in [0.15, 0.2) is 0 Å². The van der Waals surface area contributed by atoms with Crippen LogP contribution in [-0.2, 0) is 0 Å². The molecule has 1 rings (SSSR count). The van der Waals surface area contributed by atoms with Crippen molar-refractivity contribution in [3.05, 3.63) is 0 Å². The zero-order chi connectivity index (χ0) is 10.6. The van der Waals surface area contributed by atoms with Crippen LogP contribution < -0.4 is 5.32 Å². The maximum absolute atomic E-state index is 3.52. The van der Waals surface area contributed by atoms with Gasteiger partial charge >= 0.3 is 0 Å². The van der Waals surface area contributed by atoms with Crippen molar-refractivity contribution in [1.29, 1.82) is 0 Å². The van der Waals surface area contributed by atoms with Gasteiger partial charge in [0.1, 0.15) is 0 Å². The molecule has 0 aromatic rings. The third kappa shape index (κ3) is 4.97. The van der Waals surface area contributed by atoms with Crippen molar-refractivity contribution < 1.29 is 0 Å². The maximum Gasteiger partial charge on any atom is 0.0104 e. The normalized spacial score (nSPS) is 18.6. The van der Waals surface area contributed by atoms with Crippen LogP contribution in [-0.4, -0.2) is 37.1 Å². The fraction of sp³-hybridized carbons (Fsp3) is 1.00. The first-order chi connectivity index (χ1) is 6.47. The summed E-state index contributed by atoms with van der Waals surface area (Å²) in [7, 11) is 2.24. The van der Waals surface area contributed by atoms with E-state index in [1.807, 2.05) is 0 Å². The standard InChI is InChI=1S/C12H26N2/c1-12(2,3)13-8-9-14(4)10-11-6-5-7-11/h11,13H,5-10H2,1-4H3. The van der Waals surface area contributed by atoms with Gasteiger partial charge in [0, 0.05) is 25.2 Å². The van der Waals surface area contributed by atoms with Crippen LogP contribution in [0.5, 0.6) is 0 Å². The van der Waals surface area contributed by atoms with Crippen LogP contribution in [0.15, 0.2) is 0 Å². The molecule has 0 bridgehead atoms. The molecule has 0 aliphatic heterocycles. The average molecular weight is 198 g/mol. The molecule has 1 aliphatic rings. The summed E-state index contributed by atoms with van der Waals surface area (Å²) in [5, 5.41) is 3.52. The molecule has 0 aromatic heterocycles. The topological polar surface area (TPSA) is 15.3 Å². The number of hydrogen-bond acceptors (Lipinski definition) is 2. The summed E-state index contributed by atoms with van der Waals surface area (Å²) in [6, 6.07) is 0. The van der Waals surface area contributed by atoms with E-state index < -0.39 is 0 Å². The molecular formula is C12H26N2. The van der Waals surface area contributed by atoms with E-state index in [2.05, 4.69) is 38.0 Å². The fourth-order valence-corrected chi connectivity index (χ4v) is 1.83. The third-order valence-electron chi connectivity index (χ3n) is 2.94. The van der Waals surface area contributed by atoms with Crippen LogP contribution in [0, 0.1) is 5.92 Å². The molecule has 14 heavy (non-hydrogen) atoms. The molecule has 0 atom stereocenters. The maximum atomic E-state index is 3.52. The molecule has 1 aliphatic carbocycles. The van der Waals surface area contributed by atoms with Crippen molar-refractivity contribution in [2.45, 2.75) is 45.6 Å². The van der Waals surface area contributed by atoms with Crippen LogP contribution in [0.1, 0.15) is 40.0 Å². The first-order valence-corrected chi connectivity index (χ1v) is 5.91. The zero-order valence-electron chi connectivity index (χ0n) is 10.3. The Morgan fingerprint density at radius 2 is 1.93 bits per heavy atom. The number of hydrogen-bond donors (Lipinski definition) is 1. The predicted octanol–water partition coefficient (Wildman–Crippen LogP) is 2.11. The molecule has 1 saturated carbocycles. The van der Waals surface area contributed by atoms with Crippen molar-refractivity contribution >= 4 is 0 Å². The molecule has 1 N–H and O–H groups in total. The summed E-state index contributed by atoms with van der Waals surface area (Å²) < 4.78 is 0. The Balaban J connectivity index is 1.99. The number of nitrogens with one attached hydrogen (secondary N) is 1. The first-order valence-electron chi connectivity index (χ1n) is 5.91. The van der Waals surface area contributed by atoms with E-state index in [1.165, 1.54) is 32.4 Å². The highest BCUT2D eigenvalue weighted by atomic mass is 15.1. The summed E-state index contributed by atoms with van der Waals surface area (Å²) in [5.74, 6) is 0.995. The van der Waals surface area contributed by atoms with Crippen molar-refractivity contribution in [3.63, 3.8) is 0 Å². The van der Waals surface area contributed by atoms with Gasteiger partial charge in [-0.2, -0.15) is 0 Å². The summed E-state index contributed by atoms with van der Waals surface area (Å²) in [6.07, 6.45) is 4.37.